The molecule has 114 valence electrons. The lowest BCUT2D eigenvalue weighted by molar-refractivity contribution is 0.545. The fourth-order valence-electron chi connectivity index (χ4n) is 2.53. The zero-order valence-corrected chi connectivity index (χ0v) is 13.8. The molecule has 0 aliphatic heterocycles. The first kappa shape index (κ1) is 15.3. The monoisotopic (exact) mass is 336 g/mol. The molecule has 1 atom stereocenters. The fourth-order valence-corrected chi connectivity index (χ4v) is 2.79. The Balaban J connectivity index is 2.27. The van der Waals surface area contributed by atoms with E-state index in [2.05, 4.69) is 23.4 Å². The third-order valence-corrected chi connectivity index (χ3v) is 4.46. The summed E-state index contributed by atoms with van der Waals surface area (Å²) >= 11 is 11.8. The first-order valence-corrected chi connectivity index (χ1v) is 7.89. The fraction of sp³-hybridized carbons (Fsp3) is 0.235. The molecule has 0 saturated carbocycles. The molecule has 0 spiro atoms. The maximum atomic E-state index is 13.8. The van der Waals surface area contributed by atoms with E-state index in [-0.39, 0.29) is 11.1 Å². The van der Waals surface area contributed by atoms with Crippen molar-refractivity contribution in [3.8, 4) is 11.1 Å². The lowest BCUT2D eigenvalue weighted by atomic mass is 10.1. The molecule has 0 N–H and O–H groups in total. The van der Waals surface area contributed by atoms with Gasteiger partial charge in [0.05, 0.1) is 5.02 Å². The molecule has 0 bridgehead atoms. The van der Waals surface area contributed by atoms with Crippen LogP contribution in [-0.4, -0.2) is 9.55 Å². The zero-order valence-electron chi connectivity index (χ0n) is 12.3. The summed E-state index contributed by atoms with van der Waals surface area (Å²) in [4.78, 5) is 4.44. The quantitative estimate of drug-likeness (QED) is 0.527. The van der Waals surface area contributed by atoms with Crippen LogP contribution in [-0.2, 0) is 0 Å². The normalized spacial score (nSPS) is 12.8. The van der Waals surface area contributed by atoms with Crippen molar-refractivity contribution in [3.63, 3.8) is 0 Å². The van der Waals surface area contributed by atoms with Crippen LogP contribution in [0.25, 0.3) is 22.2 Å². The second kappa shape index (κ2) is 5.90. The van der Waals surface area contributed by atoms with E-state index in [1.807, 2.05) is 18.3 Å². The minimum Gasteiger partial charge on any atom is -0.329 e. The molecule has 2 aromatic heterocycles. The lowest BCUT2D eigenvalue weighted by Gasteiger charge is -2.11. The van der Waals surface area contributed by atoms with Gasteiger partial charge in [-0.15, -0.1) is 0 Å². The van der Waals surface area contributed by atoms with Crippen LogP contribution in [0.2, 0.25) is 10.2 Å². The van der Waals surface area contributed by atoms with Crippen LogP contribution in [0.4, 0.5) is 4.39 Å². The van der Waals surface area contributed by atoms with Gasteiger partial charge in [0, 0.05) is 23.2 Å². The highest BCUT2D eigenvalue weighted by Crippen LogP contribution is 2.34. The molecule has 0 radical (unpaired) electrons. The maximum Gasteiger partial charge on any atom is 0.142 e. The molecule has 0 saturated heterocycles. The standard InChI is InChI=1S/C17H15Cl2FN2/c1-3-10(2)22-9-13(11-4-6-14(18)15(20)8-11)12-5-7-16(19)21-17(12)22/h4-10H,3H2,1-2H3/t10-/m1/s1. The predicted molar refractivity (Wildman–Crippen MR) is 90.1 cm³/mol. The van der Waals surface area contributed by atoms with Crippen LogP contribution in [0.1, 0.15) is 26.3 Å². The first-order chi connectivity index (χ1) is 10.5. The smallest absolute Gasteiger partial charge is 0.142 e. The summed E-state index contributed by atoms with van der Waals surface area (Å²) in [6.07, 6.45) is 2.97. The maximum absolute atomic E-state index is 13.8. The molecule has 22 heavy (non-hydrogen) atoms. The van der Waals surface area contributed by atoms with Crippen LogP contribution in [0, 0.1) is 5.82 Å². The molecule has 0 amide bonds. The van der Waals surface area contributed by atoms with Gasteiger partial charge in [0.15, 0.2) is 0 Å². The summed E-state index contributed by atoms with van der Waals surface area (Å²) in [6.45, 7) is 4.23. The Hall–Kier alpha value is -1.58. The molecule has 0 aliphatic rings. The minimum atomic E-state index is -0.425. The number of nitrogens with zero attached hydrogens (tertiary/aromatic N) is 2. The Morgan fingerprint density at radius 1 is 1.23 bits per heavy atom. The van der Waals surface area contributed by atoms with Crippen LogP contribution in [0.15, 0.2) is 36.5 Å². The molecule has 2 heterocycles. The second-order valence-corrected chi connectivity index (χ2v) is 6.14. The van der Waals surface area contributed by atoms with Crippen LogP contribution >= 0.6 is 23.2 Å². The van der Waals surface area contributed by atoms with Crippen molar-refractivity contribution >= 4 is 34.2 Å². The van der Waals surface area contributed by atoms with E-state index in [1.165, 1.54) is 6.07 Å². The van der Waals surface area contributed by atoms with Gasteiger partial charge in [0.2, 0.25) is 0 Å². The minimum absolute atomic E-state index is 0.121. The Morgan fingerprint density at radius 3 is 2.68 bits per heavy atom. The highest BCUT2D eigenvalue weighted by atomic mass is 35.5. The number of pyridine rings is 1. The number of fused-ring (bicyclic) bond motifs is 1. The summed E-state index contributed by atoms with van der Waals surface area (Å²) in [5.41, 5.74) is 2.51. The lowest BCUT2D eigenvalue weighted by Crippen LogP contribution is -2.02. The van der Waals surface area contributed by atoms with Gasteiger partial charge < -0.3 is 4.57 Å². The highest BCUT2D eigenvalue weighted by molar-refractivity contribution is 6.31. The van der Waals surface area contributed by atoms with Gasteiger partial charge in [-0.05, 0) is 43.2 Å². The van der Waals surface area contributed by atoms with Gasteiger partial charge in [-0.2, -0.15) is 0 Å². The zero-order chi connectivity index (χ0) is 15.9. The van der Waals surface area contributed by atoms with E-state index in [0.29, 0.717) is 5.15 Å². The number of hydrogen-bond donors (Lipinski definition) is 0. The molecular formula is C17H15Cl2FN2. The van der Waals surface area contributed by atoms with Crippen LogP contribution < -0.4 is 0 Å². The third kappa shape index (κ3) is 2.59. The van der Waals surface area contributed by atoms with Crippen molar-refractivity contribution in [3.05, 3.63) is 52.5 Å². The van der Waals surface area contributed by atoms with Crippen molar-refractivity contribution in [1.82, 2.24) is 9.55 Å². The Labute approximate surface area is 138 Å². The largest absolute Gasteiger partial charge is 0.329 e. The van der Waals surface area contributed by atoms with Crippen molar-refractivity contribution in [2.24, 2.45) is 0 Å². The molecule has 5 heteroatoms. The van der Waals surface area contributed by atoms with Crippen molar-refractivity contribution < 1.29 is 4.39 Å². The Bertz CT molecular complexity index is 842. The summed E-state index contributed by atoms with van der Waals surface area (Å²) in [7, 11) is 0. The topological polar surface area (TPSA) is 17.8 Å². The molecule has 0 aliphatic carbocycles. The highest BCUT2D eigenvalue weighted by Gasteiger charge is 2.16. The van der Waals surface area contributed by atoms with E-state index in [1.54, 1.807) is 12.1 Å². The number of aromatic nitrogens is 2. The Morgan fingerprint density at radius 2 is 2.00 bits per heavy atom. The van der Waals surface area contributed by atoms with Crippen LogP contribution in [0.5, 0.6) is 0 Å². The van der Waals surface area contributed by atoms with Gasteiger partial charge in [-0.25, -0.2) is 9.37 Å². The molecule has 2 nitrogen and oxygen atoms in total. The van der Waals surface area contributed by atoms with Crippen molar-refractivity contribution in [2.75, 3.05) is 0 Å². The summed E-state index contributed by atoms with van der Waals surface area (Å²) < 4.78 is 15.9. The summed E-state index contributed by atoms with van der Waals surface area (Å²) in [5.74, 6) is -0.425. The van der Waals surface area contributed by atoms with Crippen molar-refractivity contribution in [2.45, 2.75) is 26.3 Å². The van der Waals surface area contributed by atoms with Gasteiger partial charge in [0.25, 0.3) is 0 Å². The number of rotatable bonds is 3. The first-order valence-electron chi connectivity index (χ1n) is 7.13. The summed E-state index contributed by atoms with van der Waals surface area (Å²) in [5, 5.41) is 1.52. The van der Waals surface area contributed by atoms with Gasteiger partial charge in [-0.1, -0.05) is 36.2 Å². The SMILES string of the molecule is CC[C@@H](C)n1cc(-c2ccc(Cl)c(F)c2)c2ccc(Cl)nc21. The van der Waals surface area contributed by atoms with Gasteiger partial charge >= 0.3 is 0 Å². The molecule has 3 rings (SSSR count). The van der Waals surface area contributed by atoms with Crippen molar-refractivity contribution in [1.29, 1.82) is 0 Å². The van der Waals surface area contributed by atoms with Crippen LogP contribution in [0.3, 0.4) is 0 Å². The van der Waals surface area contributed by atoms with E-state index in [4.69, 9.17) is 23.2 Å². The van der Waals surface area contributed by atoms with E-state index >= 15 is 0 Å². The van der Waals surface area contributed by atoms with Gasteiger partial charge in [0.1, 0.15) is 16.6 Å². The average Bonchev–Trinajstić information content (AvgIpc) is 2.88. The molecule has 0 unspecified atom stereocenters. The number of hydrogen-bond acceptors (Lipinski definition) is 1. The second-order valence-electron chi connectivity index (χ2n) is 5.34. The number of halogens is 3. The number of benzene rings is 1. The Kier molecular flexibility index (Phi) is 4.11. The van der Waals surface area contributed by atoms with E-state index in [9.17, 15) is 4.39 Å². The molecule has 3 aromatic rings. The predicted octanol–water partition coefficient (Wildman–Crippen LogP) is 6.12. The third-order valence-electron chi connectivity index (χ3n) is 3.94. The van der Waals surface area contributed by atoms with Gasteiger partial charge in [-0.3, -0.25) is 0 Å². The van der Waals surface area contributed by atoms with E-state index in [0.717, 1.165) is 28.6 Å². The van der Waals surface area contributed by atoms with E-state index < -0.39 is 5.82 Å². The molecule has 1 aromatic carbocycles. The molecule has 0 fully saturated rings. The summed E-state index contributed by atoms with van der Waals surface area (Å²) in [6, 6.07) is 8.79. The molecular weight excluding hydrogens is 322 g/mol. The average molecular weight is 337 g/mol.